The summed E-state index contributed by atoms with van der Waals surface area (Å²) in [6.07, 6.45) is 2.83. The minimum atomic E-state index is 0.224. The summed E-state index contributed by atoms with van der Waals surface area (Å²) in [7, 11) is 2.06. The monoisotopic (exact) mass is 290 g/mol. The average Bonchev–Trinajstić information content (AvgIpc) is 2.47. The molecule has 1 aromatic rings. The lowest BCUT2D eigenvalue weighted by Crippen LogP contribution is -2.42. The molecule has 0 spiro atoms. The maximum absolute atomic E-state index is 5.88. The van der Waals surface area contributed by atoms with Gasteiger partial charge in [0.15, 0.2) is 0 Å². The van der Waals surface area contributed by atoms with Gasteiger partial charge in [-0.05, 0) is 77.0 Å². The van der Waals surface area contributed by atoms with E-state index < -0.39 is 0 Å². The molecular weight excluding hydrogens is 260 g/mol. The molecular formula is C18H30N2O. The van der Waals surface area contributed by atoms with Gasteiger partial charge in [0, 0.05) is 6.04 Å². The summed E-state index contributed by atoms with van der Waals surface area (Å²) in [5.41, 5.74) is 1.40. The summed E-state index contributed by atoms with van der Waals surface area (Å²) in [6, 6.07) is 9.20. The van der Waals surface area contributed by atoms with E-state index >= 15 is 0 Å². The molecule has 3 nitrogen and oxygen atoms in total. The average molecular weight is 290 g/mol. The van der Waals surface area contributed by atoms with Gasteiger partial charge in [-0.1, -0.05) is 19.1 Å². The van der Waals surface area contributed by atoms with Gasteiger partial charge < -0.3 is 10.1 Å². The largest absolute Gasteiger partial charge is 0.491 e. The first-order chi connectivity index (χ1) is 10.2. The van der Waals surface area contributed by atoms with Crippen LogP contribution in [0.4, 0.5) is 0 Å². The van der Waals surface area contributed by atoms with Gasteiger partial charge in [-0.2, -0.15) is 0 Å². The third kappa shape index (κ3) is 4.21. The summed E-state index contributed by atoms with van der Waals surface area (Å²) in [6.45, 7) is 9.82. The van der Waals surface area contributed by atoms with Gasteiger partial charge >= 0.3 is 0 Å². The number of benzene rings is 1. The molecule has 118 valence electrons. The van der Waals surface area contributed by atoms with Gasteiger partial charge in [0.2, 0.25) is 0 Å². The third-order valence-corrected chi connectivity index (χ3v) is 4.30. The van der Waals surface area contributed by atoms with Crippen molar-refractivity contribution in [2.45, 2.75) is 45.8 Å². The second-order valence-electron chi connectivity index (χ2n) is 6.27. The fourth-order valence-corrected chi connectivity index (χ4v) is 3.51. The highest BCUT2D eigenvalue weighted by Crippen LogP contribution is 2.36. The number of piperidine rings is 1. The lowest BCUT2D eigenvalue weighted by atomic mass is 9.84. The van der Waals surface area contributed by atoms with E-state index in [0.717, 1.165) is 18.8 Å². The summed E-state index contributed by atoms with van der Waals surface area (Å²) in [4.78, 5) is 2.61. The van der Waals surface area contributed by atoms with Crippen LogP contribution in [0.5, 0.6) is 5.75 Å². The molecule has 0 saturated carbocycles. The van der Waals surface area contributed by atoms with Crippen molar-refractivity contribution in [1.82, 2.24) is 10.2 Å². The first-order valence-electron chi connectivity index (χ1n) is 8.31. The quantitative estimate of drug-likeness (QED) is 0.868. The number of hydrogen-bond donors (Lipinski definition) is 1. The van der Waals surface area contributed by atoms with E-state index in [1.807, 2.05) is 0 Å². The van der Waals surface area contributed by atoms with E-state index in [4.69, 9.17) is 4.74 Å². The van der Waals surface area contributed by atoms with Crippen LogP contribution in [0.3, 0.4) is 0 Å². The highest BCUT2D eigenvalue weighted by atomic mass is 16.5. The molecule has 0 bridgehead atoms. The van der Waals surface area contributed by atoms with Crippen LogP contribution in [0.25, 0.3) is 0 Å². The molecule has 0 aliphatic carbocycles. The van der Waals surface area contributed by atoms with Gasteiger partial charge in [0.05, 0.1) is 6.10 Å². The fraction of sp³-hybridized carbons (Fsp3) is 0.667. The number of hydrogen-bond acceptors (Lipinski definition) is 3. The Bertz CT molecular complexity index is 431. The molecule has 1 aromatic carbocycles. The van der Waals surface area contributed by atoms with Crippen LogP contribution in [0, 0.1) is 5.92 Å². The van der Waals surface area contributed by atoms with Crippen molar-refractivity contribution in [2.24, 2.45) is 5.92 Å². The molecule has 0 aromatic heterocycles. The van der Waals surface area contributed by atoms with Gasteiger partial charge in [-0.3, -0.25) is 4.90 Å². The highest BCUT2D eigenvalue weighted by molar-refractivity contribution is 5.31. The minimum absolute atomic E-state index is 0.224. The van der Waals surface area contributed by atoms with Crippen LogP contribution < -0.4 is 10.1 Å². The van der Waals surface area contributed by atoms with Crippen LogP contribution in [0.1, 0.15) is 45.2 Å². The molecule has 1 saturated heterocycles. The standard InChI is InChI=1S/C18H30N2O/c1-5-20-11-7-9-16(13-19-4)18(20)15-8-6-10-17(12-15)21-14(2)3/h6,8,10,12,14,16,18-19H,5,7,9,11,13H2,1-4H3. The SMILES string of the molecule is CCN1CCCC(CNC)C1c1cccc(OC(C)C)c1. The molecule has 1 N–H and O–H groups in total. The van der Waals surface area contributed by atoms with Crippen LogP contribution >= 0.6 is 0 Å². The number of likely N-dealkylation sites (tertiary alicyclic amines) is 1. The molecule has 1 aliphatic heterocycles. The second-order valence-corrected chi connectivity index (χ2v) is 6.27. The van der Waals surface area contributed by atoms with Crippen molar-refractivity contribution in [2.75, 3.05) is 26.7 Å². The predicted octanol–water partition coefficient (Wildman–Crippen LogP) is 3.47. The molecule has 1 fully saturated rings. The van der Waals surface area contributed by atoms with Crippen molar-refractivity contribution in [1.29, 1.82) is 0 Å². The molecule has 2 rings (SSSR count). The van der Waals surface area contributed by atoms with Crippen molar-refractivity contribution in [3.63, 3.8) is 0 Å². The minimum Gasteiger partial charge on any atom is -0.491 e. The van der Waals surface area contributed by atoms with Crippen molar-refractivity contribution in [3.8, 4) is 5.75 Å². The molecule has 1 aliphatic rings. The van der Waals surface area contributed by atoms with Gasteiger partial charge in [-0.25, -0.2) is 0 Å². The number of rotatable bonds is 6. The van der Waals surface area contributed by atoms with E-state index in [2.05, 4.69) is 62.3 Å². The first kappa shape index (κ1) is 16.3. The Morgan fingerprint density at radius 1 is 1.38 bits per heavy atom. The van der Waals surface area contributed by atoms with E-state index in [1.54, 1.807) is 0 Å². The molecule has 0 radical (unpaired) electrons. The zero-order valence-corrected chi connectivity index (χ0v) is 13.9. The molecule has 2 atom stereocenters. The molecule has 0 amide bonds. The topological polar surface area (TPSA) is 24.5 Å². The number of nitrogens with one attached hydrogen (secondary N) is 1. The Labute approximate surface area is 129 Å². The summed E-state index contributed by atoms with van der Waals surface area (Å²) in [5, 5.41) is 3.37. The van der Waals surface area contributed by atoms with Crippen molar-refractivity contribution < 1.29 is 4.74 Å². The van der Waals surface area contributed by atoms with E-state index in [0.29, 0.717) is 12.0 Å². The molecule has 2 unspecified atom stereocenters. The van der Waals surface area contributed by atoms with Crippen LogP contribution in [-0.2, 0) is 0 Å². The molecule has 21 heavy (non-hydrogen) atoms. The summed E-state index contributed by atoms with van der Waals surface area (Å²) >= 11 is 0. The Hall–Kier alpha value is -1.06. The Balaban J connectivity index is 2.25. The van der Waals surface area contributed by atoms with E-state index in [1.165, 1.54) is 24.9 Å². The Morgan fingerprint density at radius 3 is 2.86 bits per heavy atom. The van der Waals surface area contributed by atoms with Crippen molar-refractivity contribution >= 4 is 0 Å². The highest BCUT2D eigenvalue weighted by Gasteiger charge is 2.31. The number of ether oxygens (including phenoxy) is 1. The van der Waals surface area contributed by atoms with Gasteiger partial charge in [-0.15, -0.1) is 0 Å². The zero-order chi connectivity index (χ0) is 15.2. The van der Waals surface area contributed by atoms with E-state index in [9.17, 15) is 0 Å². The van der Waals surface area contributed by atoms with E-state index in [-0.39, 0.29) is 6.10 Å². The maximum atomic E-state index is 5.88. The lowest BCUT2D eigenvalue weighted by Gasteiger charge is -2.41. The predicted molar refractivity (Wildman–Crippen MR) is 88.8 cm³/mol. The fourth-order valence-electron chi connectivity index (χ4n) is 3.51. The first-order valence-corrected chi connectivity index (χ1v) is 8.31. The Kier molecular flexibility index (Phi) is 6.07. The summed E-state index contributed by atoms with van der Waals surface area (Å²) < 4.78 is 5.88. The number of nitrogens with zero attached hydrogens (tertiary/aromatic N) is 1. The smallest absolute Gasteiger partial charge is 0.120 e. The zero-order valence-electron chi connectivity index (χ0n) is 13.9. The summed E-state index contributed by atoms with van der Waals surface area (Å²) in [5.74, 6) is 1.67. The maximum Gasteiger partial charge on any atom is 0.120 e. The second kappa shape index (κ2) is 7.81. The van der Waals surface area contributed by atoms with Crippen molar-refractivity contribution in [3.05, 3.63) is 29.8 Å². The Morgan fingerprint density at radius 2 is 2.19 bits per heavy atom. The third-order valence-electron chi connectivity index (χ3n) is 4.30. The van der Waals surface area contributed by atoms with Gasteiger partial charge in [0.25, 0.3) is 0 Å². The molecule has 1 heterocycles. The van der Waals surface area contributed by atoms with Crippen LogP contribution in [-0.4, -0.2) is 37.7 Å². The molecule has 3 heteroatoms. The van der Waals surface area contributed by atoms with Crippen LogP contribution in [0.15, 0.2) is 24.3 Å². The van der Waals surface area contributed by atoms with Crippen LogP contribution in [0.2, 0.25) is 0 Å². The normalized spacial score (nSPS) is 23.5. The van der Waals surface area contributed by atoms with Gasteiger partial charge in [0.1, 0.15) is 5.75 Å². The lowest BCUT2D eigenvalue weighted by molar-refractivity contribution is 0.0978.